The lowest BCUT2D eigenvalue weighted by molar-refractivity contribution is 0.436. The van der Waals surface area contributed by atoms with Crippen molar-refractivity contribution in [3.05, 3.63) is 222 Å². The molecule has 4 heteroatoms. The highest BCUT2D eigenvalue weighted by Gasteiger charge is 2.51. The van der Waals surface area contributed by atoms with Crippen LogP contribution >= 0.6 is 0 Å². The zero-order valence-electron chi connectivity index (χ0n) is 31.7. The van der Waals surface area contributed by atoms with Crippen molar-refractivity contribution in [1.82, 2.24) is 0 Å². The molecule has 0 fully saturated rings. The highest BCUT2D eigenvalue weighted by atomic mass is 16.5. The van der Waals surface area contributed by atoms with E-state index in [2.05, 4.69) is 193 Å². The predicted octanol–water partition coefficient (Wildman–Crippen LogP) is 15.1. The number of furan rings is 2. The zero-order valence-corrected chi connectivity index (χ0v) is 31.7. The Kier molecular flexibility index (Phi) is 6.62. The molecule has 11 aromatic rings. The van der Waals surface area contributed by atoms with Crippen LogP contribution in [0.3, 0.4) is 0 Å². The Morgan fingerprint density at radius 1 is 0.373 bits per heavy atom. The van der Waals surface area contributed by atoms with E-state index in [1.54, 1.807) is 0 Å². The summed E-state index contributed by atoms with van der Waals surface area (Å²) in [6.45, 7) is 0. The second-order valence-corrected chi connectivity index (χ2v) is 15.5. The van der Waals surface area contributed by atoms with Gasteiger partial charge < -0.3 is 18.5 Å². The van der Waals surface area contributed by atoms with Gasteiger partial charge in [0.25, 0.3) is 0 Å². The van der Waals surface area contributed by atoms with Crippen LogP contribution in [0.15, 0.2) is 209 Å². The van der Waals surface area contributed by atoms with E-state index >= 15 is 0 Å². The van der Waals surface area contributed by atoms with Gasteiger partial charge in [-0.2, -0.15) is 0 Å². The topological polar surface area (TPSA) is 38.8 Å². The molecule has 1 aliphatic heterocycles. The molecule has 0 N–H and O–H groups in total. The summed E-state index contributed by atoms with van der Waals surface area (Å²) in [4.78, 5) is 2.32. The first-order chi connectivity index (χ1) is 29.3. The van der Waals surface area contributed by atoms with Gasteiger partial charge in [0.2, 0.25) is 0 Å². The first kappa shape index (κ1) is 32.3. The minimum absolute atomic E-state index is 0.541. The molecule has 1 aliphatic carbocycles. The molecule has 0 saturated carbocycles. The van der Waals surface area contributed by atoms with E-state index in [0.29, 0.717) is 0 Å². The van der Waals surface area contributed by atoms with Crippen molar-refractivity contribution >= 4 is 60.9 Å². The molecule has 59 heavy (non-hydrogen) atoms. The first-order valence-electron chi connectivity index (χ1n) is 20.1. The lowest BCUT2D eigenvalue weighted by Gasteiger charge is -2.39. The molecule has 0 radical (unpaired) electrons. The summed E-state index contributed by atoms with van der Waals surface area (Å²) in [7, 11) is 0. The third-order valence-corrected chi connectivity index (χ3v) is 12.5. The van der Waals surface area contributed by atoms with Crippen molar-refractivity contribution in [2.75, 3.05) is 4.90 Å². The Hall–Kier alpha value is -7.82. The zero-order chi connectivity index (χ0) is 38.7. The Morgan fingerprint density at radius 2 is 1.00 bits per heavy atom. The van der Waals surface area contributed by atoms with E-state index in [-0.39, 0.29) is 0 Å². The largest absolute Gasteiger partial charge is 0.457 e. The van der Waals surface area contributed by atoms with E-state index in [4.69, 9.17) is 13.6 Å². The summed E-state index contributed by atoms with van der Waals surface area (Å²) < 4.78 is 19.8. The Balaban J connectivity index is 1.01. The standard InChI is InChI=1S/C55H33NO3/c1-2-14-35(15-3-1)56(36-27-29-39-38-17-6-11-23-47(38)57-52(39)33-36)46-22-10-5-16-37(46)34-26-28-41-51(32-34)59-50-31-30-45-53(54(41)50)40-18-4-7-19-42(40)55(45)43-20-8-12-24-48(43)58-49-25-13-9-21-44(49)55/h1-33H. The maximum atomic E-state index is 6.87. The molecule has 0 bridgehead atoms. The lowest BCUT2D eigenvalue weighted by Crippen LogP contribution is -2.32. The number of rotatable bonds is 4. The fourth-order valence-corrected chi connectivity index (χ4v) is 10.1. The Bertz CT molecular complexity index is 3460. The minimum Gasteiger partial charge on any atom is -0.457 e. The van der Waals surface area contributed by atoms with Crippen LogP contribution in [0.4, 0.5) is 17.1 Å². The van der Waals surface area contributed by atoms with Crippen molar-refractivity contribution in [2.45, 2.75) is 5.41 Å². The number of fused-ring (bicyclic) bond motifs is 16. The quantitative estimate of drug-likeness (QED) is 0.179. The number of nitrogens with zero attached hydrogens (tertiary/aromatic N) is 1. The third-order valence-electron chi connectivity index (χ3n) is 12.5. The van der Waals surface area contributed by atoms with E-state index < -0.39 is 5.41 Å². The molecule has 2 aliphatic rings. The molecule has 1 spiro atoms. The molecular formula is C55H33NO3. The van der Waals surface area contributed by atoms with Gasteiger partial charge in [-0.15, -0.1) is 0 Å². The molecular weight excluding hydrogens is 723 g/mol. The van der Waals surface area contributed by atoms with Gasteiger partial charge in [-0.1, -0.05) is 127 Å². The lowest BCUT2D eigenvalue weighted by atomic mass is 9.66. The summed E-state index contributed by atoms with van der Waals surface area (Å²) in [5.74, 6) is 1.77. The van der Waals surface area contributed by atoms with Crippen molar-refractivity contribution < 1.29 is 13.6 Å². The summed E-state index contributed by atoms with van der Waals surface area (Å²) in [6, 6.07) is 70.9. The van der Waals surface area contributed by atoms with Crippen LogP contribution in [0.2, 0.25) is 0 Å². The summed E-state index contributed by atoms with van der Waals surface area (Å²) in [5, 5.41) is 4.44. The van der Waals surface area contributed by atoms with Crippen LogP contribution in [0, 0.1) is 0 Å². The Labute approximate surface area is 339 Å². The van der Waals surface area contributed by atoms with Gasteiger partial charge in [0.15, 0.2) is 0 Å². The number of benzene rings is 9. The van der Waals surface area contributed by atoms with Gasteiger partial charge in [0.1, 0.15) is 33.8 Å². The second-order valence-electron chi connectivity index (χ2n) is 15.5. The van der Waals surface area contributed by atoms with Crippen LogP contribution < -0.4 is 9.64 Å². The van der Waals surface area contributed by atoms with Crippen LogP contribution in [-0.2, 0) is 5.41 Å². The SMILES string of the molecule is c1ccc(N(c2ccc3c(c2)oc2ccccc23)c2ccccc2-c2ccc3c(c2)oc2ccc4c(c23)-c2ccccc2C42c3ccccc3Oc3ccccc32)cc1. The highest BCUT2D eigenvalue weighted by molar-refractivity contribution is 6.16. The highest BCUT2D eigenvalue weighted by Crippen LogP contribution is 2.63. The van der Waals surface area contributed by atoms with Crippen molar-refractivity contribution in [2.24, 2.45) is 0 Å². The van der Waals surface area contributed by atoms with E-state index in [9.17, 15) is 0 Å². The second kappa shape index (κ2) is 12.1. The van der Waals surface area contributed by atoms with Gasteiger partial charge in [-0.3, -0.25) is 0 Å². The molecule has 3 heterocycles. The van der Waals surface area contributed by atoms with Crippen LogP contribution in [0.1, 0.15) is 22.3 Å². The van der Waals surface area contributed by atoms with Crippen LogP contribution in [-0.4, -0.2) is 0 Å². The molecule has 0 unspecified atom stereocenters. The van der Waals surface area contributed by atoms with Crippen molar-refractivity contribution in [1.29, 1.82) is 0 Å². The number of ether oxygens (including phenoxy) is 1. The molecule has 13 rings (SSSR count). The number of hydrogen-bond donors (Lipinski definition) is 0. The van der Waals surface area contributed by atoms with Crippen LogP contribution in [0.25, 0.3) is 66.1 Å². The number of hydrogen-bond acceptors (Lipinski definition) is 4. The van der Waals surface area contributed by atoms with E-state index in [1.807, 2.05) is 12.1 Å². The van der Waals surface area contributed by atoms with E-state index in [0.717, 1.165) is 94.7 Å². The molecule has 4 nitrogen and oxygen atoms in total. The Morgan fingerprint density at radius 3 is 1.83 bits per heavy atom. The summed E-state index contributed by atoms with van der Waals surface area (Å²) in [5.41, 5.74) is 15.4. The summed E-state index contributed by atoms with van der Waals surface area (Å²) in [6.07, 6.45) is 0. The maximum absolute atomic E-state index is 6.87. The van der Waals surface area contributed by atoms with Gasteiger partial charge in [0.05, 0.1) is 11.1 Å². The molecule has 0 amide bonds. The monoisotopic (exact) mass is 755 g/mol. The summed E-state index contributed by atoms with van der Waals surface area (Å²) >= 11 is 0. The minimum atomic E-state index is -0.541. The fraction of sp³-hybridized carbons (Fsp3) is 0.0182. The smallest absolute Gasteiger partial charge is 0.137 e. The number of para-hydroxylation sites is 5. The molecule has 9 aromatic carbocycles. The maximum Gasteiger partial charge on any atom is 0.137 e. The average Bonchev–Trinajstić information content (AvgIpc) is 3.95. The van der Waals surface area contributed by atoms with Crippen LogP contribution in [0.5, 0.6) is 11.5 Å². The predicted molar refractivity (Wildman–Crippen MR) is 238 cm³/mol. The van der Waals surface area contributed by atoms with Gasteiger partial charge in [0, 0.05) is 55.7 Å². The van der Waals surface area contributed by atoms with Gasteiger partial charge in [-0.05, 0) is 94.5 Å². The van der Waals surface area contributed by atoms with E-state index in [1.165, 1.54) is 22.3 Å². The number of anilines is 3. The fourth-order valence-electron chi connectivity index (χ4n) is 10.1. The first-order valence-corrected chi connectivity index (χ1v) is 20.1. The van der Waals surface area contributed by atoms with Gasteiger partial charge >= 0.3 is 0 Å². The molecule has 276 valence electrons. The normalized spacial score (nSPS) is 13.4. The average molecular weight is 756 g/mol. The molecule has 0 saturated heterocycles. The van der Waals surface area contributed by atoms with Crippen molar-refractivity contribution in [3.8, 4) is 33.8 Å². The molecule has 0 atom stereocenters. The molecule has 2 aromatic heterocycles. The third kappa shape index (κ3) is 4.43. The van der Waals surface area contributed by atoms with Crippen molar-refractivity contribution in [3.63, 3.8) is 0 Å². The van der Waals surface area contributed by atoms with Gasteiger partial charge in [-0.25, -0.2) is 0 Å².